The molecule has 9 heavy (non-hydrogen) atoms. The highest BCUT2D eigenvalue weighted by molar-refractivity contribution is 7.07. The van der Waals surface area contributed by atoms with Crippen molar-refractivity contribution < 1.29 is 9.53 Å². The smallest absolute Gasteiger partial charge is 0.398 e. The van der Waals surface area contributed by atoms with Crippen LogP contribution in [0.15, 0.2) is 12.3 Å². The van der Waals surface area contributed by atoms with Crippen LogP contribution in [0.25, 0.3) is 0 Å². The monoisotopic (exact) mass is 144 g/mol. The molecule has 1 aromatic rings. The minimum absolute atomic E-state index is 0.419. The lowest BCUT2D eigenvalue weighted by atomic mass is 10.7. The predicted molar refractivity (Wildman–Crippen MR) is 32.3 cm³/mol. The van der Waals surface area contributed by atoms with Crippen molar-refractivity contribution in [3.63, 3.8) is 0 Å². The van der Waals surface area contributed by atoms with Gasteiger partial charge in [0, 0.05) is 23.8 Å². The molecule has 0 radical (unpaired) electrons. The van der Waals surface area contributed by atoms with Gasteiger partial charge in [-0.25, -0.2) is 4.79 Å². The number of ether oxygens (including phenoxy) is 1. The maximum atomic E-state index is 10.0. The molecule has 1 rings (SSSR count). The number of hydrogen-bond donors (Lipinski definition) is 1. The van der Waals surface area contributed by atoms with Gasteiger partial charge in [-0.15, -0.1) is 0 Å². The summed E-state index contributed by atoms with van der Waals surface area (Å²) >= 11 is 1.08. The largest absolute Gasteiger partial charge is 0.410 e. The van der Waals surface area contributed by atoms with Crippen molar-refractivity contribution in [1.82, 2.24) is 4.37 Å². The van der Waals surface area contributed by atoms with Crippen LogP contribution in [0.3, 0.4) is 0 Å². The summed E-state index contributed by atoms with van der Waals surface area (Å²) in [6, 6.07) is 1.56. The molecule has 0 unspecified atom stereocenters. The van der Waals surface area contributed by atoms with E-state index >= 15 is 0 Å². The quantitative estimate of drug-likeness (QED) is 0.627. The molecule has 0 aromatic carbocycles. The molecular formula is C4H4N2O2S. The second kappa shape index (κ2) is 2.45. The summed E-state index contributed by atoms with van der Waals surface area (Å²) in [6.45, 7) is 0. The van der Waals surface area contributed by atoms with Crippen LogP contribution in [0.4, 0.5) is 4.79 Å². The molecule has 0 aliphatic rings. The minimum Gasteiger partial charge on any atom is -0.398 e. The van der Waals surface area contributed by atoms with Gasteiger partial charge in [0.1, 0.15) is 0 Å². The van der Waals surface area contributed by atoms with Gasteiger partial charge in [-0.05, 0) is 0 Å². The summed E-state index contributed by atoms with van der Waals surface area (Å²) in [5.41, 5.74) is 4.70. The second-order valence-corrected chi connectivity index (χ2v) is 2.05. The van der Waals surface area contributed by atoms with E-state index in [4.69, 9.17) is 5.73 Å². The van der Waals surface area contributed by atoms with Gasteiger partial charge < -0.3 is 10.5 Å². The molecule has 0 fully saturated rings. The molecular weight excluding hydrogens is 140 g/mol. The van der Waals surface area contributed by atoms with E-state index in [1.54, 1.807) is 6.07 Å². The lowest BCUT2D eigenvalue weighted by molar-refractivity contribution is 0.212. The summed E-state index contributed by atoms with van der Waals surface area (Å²) in [5, 5.41) is 0.419. The van der Waals surface area contributed by atoms with E-state index in [1.165, 1.54) is 6.20 Å². The lowest BCUT2D eigenvalue weighted by Crippen LogP contribution is -2.15. The number of amides is 1. The van der Waals surface area contributed by atoms with Crippen LogP contribution in [0.5, 0.6) is 5.06 Å². The van der Waals surface area contributed by atoms with Crippen molar-refractivity contribution in [2.75, 3.05) is 0 Å². The number of rotatable bonds is 1. The Bertz CT molecular complexity index is 196. The van der Waals surface area contributed by atoms with Gasteiger partial charge in [-0.3, -0.25) is 0 Å². The van der Waals surface area contributed by atoms with Crippen molar-refractivity contribution in [3.8, 4) is 5.06 Å². The summed E-state index contributed by atoms with van der Waals surface area (Å²) in [7, 11) is 0. The molecule has 5 heteroatoms. The molecule has 0 spiro atoms. The molecule has 2 N–H and O–H groups in total. The standard InChI is InChI=1S/C4H4N2O2S/c5-4(7)8-3-1-2-6-9-3/h1-2H,(H2,5,7). The highest BCUT2D eigenvalue weighted by Crippen LogP contribution is 2.13. The highest BCUT2D eigenvalue weighted by atomic mass is 32.1. The topological polar surface area (TPSA) is 65.2 Å². The van der Waals surface area contributed by atoms with Crippen LogP contribution < -0.4 is 10.5 Å². The molecule has 1 amide bonds. The van der Waals surface area contributed by atoms with Crippen LogP contribution in [0.1, 0.15) is 0 Å². The van der Waals surface area contributed by atoms with Crippen molar-refractivity contribution in [1.29, 1.82) is 0 Å². The SMILES string of the molecule is NC(=O)Oc1ccns1. The average molecular weight is 144 g/mol. The number of nitrogens with zero attached hydrogens (tertiary/aromatic N) is 1. The fraction of sp³-hybridized carbons (Fsp3) is 0. The molecule has 0 saturated carbocycles. The van der Waals surface area contributed by atoms with E-state index in [9.17, 15) is 4.79 Å². The zero-order valence-electron chi connectivity index (χ0n) is 4.40. The zero-order valence-corrected chi connectivity index (χ0v) is 5.22. The Balaban J connectivity index is 2.58. The number of aromatic nitrogens is 1. The lowest BCUT2D eigenvalue weighted by Gasteiger charge is -1.90. The van der Waals surface area contributed by atoms with Crippen LogP contribution in [-0.2, 0) is 0 Å². The van der Waals surface area contributed by atoms with E-state index < -0.39 is 6.09 Å². The molecule has 4 nitrogen and oxygen atoms in total. The Hall–Kier alpha value is -1.10. The third-order valence-electron chi connectivity index (χ3n) is 0.615. The van der Waals surface area contributed by atoms with Crippen LogP contribution in [0.2, 0.25) is 0 Å². The number of carbonyl (C=O) groups is 1. The molecule has 48 valence electrons. The van der Waals surface area contributed by atoms with Gasteiger partial charge >= 0.3 is 6.09 Å². The van der Waals surface area contributed by atoms with Crippen molar-refractivity contribution in [2.45, 2.75) is 0 Å². The minimum atomic E-state index is -0.806. The van der Waals surface area contributed by atoms with Gasteiger partial charge in [0.15, 0.2) is 0 Å². The van der Waals surface area contributed by atoms with Crippen molar-refractivity contribution >= 4 is 17.6 Å². The Kier molecular flexibility index (Phi) is 1.64. The van der Waals surface area contributed by atoms with Gasteiger partial charge in [-0.1, -0.05) is 0 Å². The van der Waals surface area contributed by atoms with Crippen molar-refractivity contribution in [3.05, 3.63) is 12.3 Å². The van der Waals surface area contributed by atoms with E-state index in [2.05, 4.69) is 9.11 Å². The maximum absolute atomic E-state index is 10.0. The van der Waals surface area contributed by atoms with Crippen LogP contribution in [0, 0.1) is 0 Å². The van der Waals surface area contributed by atoms with E-state index in [0.29, 0.717) is 5.06 Å². The first-order valence-corrected chi connectivity index (χ1v) is 2.94. The predicted octanol–water partition coefficient (Wildman–Crippen LogP) is 0.601. The van der Waals surface area contributed by atoms with Gasteiger partial charge in [-0.2, -0.15) is 4.37 Å². The Labute approximate surface area is 55.4 Å². The number of nitrogens with two attached hydrogens (primary N) is 1. The first kappa shape index (κ1) is 6.03. The molecule has 0 bridgehead atoms. The highest BCUT2D eigenvalue weighted by Gasteiger charge is 1.97. The van der Waals surface area contributed by atoms with Crippen LogP contribution in [-0.4, -0.2) is 10.5 Å². The number of primary amides is 1. The molecule has 1 aromatic heterocycles. The Morgan fingerprint density at radius 1 is 1.89 bits per heavy atom. The van der Waals surface area contributed by atoms with E-state index in [-0.39, 0.29) is 0 Å². The summed E-state index contributed by atoms with van der Waals surface area (Å²) < 4.78 is 8.13. The fourth-order valence-electron chi connectivity index (χ4n) is 0.356. The normalized spacial score (nSPS) is 8.89. The first-order valence-electron chi connectivity index (χ1n) is 2.17. The van der Waals surface area contributed by atoms with E-state index in [0.717, 1.165) is 11.5 Å². The molecule has 0 atom stereocenters. The molecule has 1 heterocycles. The zero-order chi connectivity index (χ0) is 6.69. The first-order chi connectivity index (χ1) is 4.29. The van der Waals surface area contributed by atoms with Crippen LogP contribution >= 0.6 is 11.5 Å². The Morgan fingerprint density at radius 2 is 2.67 bits per heavy atom. The third-order valence-corrected chi connectivity index (χ3v) is 1.24. The maximum Gasteiger partial charge on any atom is 0.410 e. The summed E-state index contributed by atoms with van der Waals surface area (Å²) in [4.78, 5) is 10.0. The Morgan fingerprint density at radius 3 is 3.11 bits per heavy atom. The second-order valence-electron chi connectivity index (χ2n) is 1.25. The van der Waals surface area contributed by atoms with Gasteiger partial charge in [0.05, 0.1) is 0 Å². The number of hydrogen-bond acceptors (Lipinski definition) is 4. The average Bonchev–Trinajstić information content (AvgIpc) is 2.15. The third kappa shape index (κ3) is 1.69. The summed E-state index contributed by atoms with van der Waals surface area (Å²) in [6.07, 6.45) is 0.724. The van der Waals surface area contributed by atoms with Gasteiger partial charge in [0.25, 0.3) is 0 Å². The molecule has 0 saturated heterocycles. The molecule has 0 aliphatic carbocycles. The fourth-order valence-corrected chi connectivity index (χ4v) is 0.823. The van der Waals surface area contributed by atoms with E-state index in [1.807, 2.05) is 0 Å². The van der Waals surface area contributed by atoms with Crippen molar-refractivity contribution in [2.24, 2.45) is 5.73 Å². The molecule has 0 aliphatic heterocycles. The summed E-state index contributed by atoms with van der Waals surface area (Å²) in [5.74, 6) is 0. The number of carbonyl (C=O) groups excluding carboxylic acids is 1. The van der Waals surface area contributed by atoms with Gasteiger partial charge in [0.2, 0.25) is 5.06 Å².